The Morgan fingerprint density at radius 1 is 0.429 bits per heavy atom. The summed E-state index contributed by atoms with van der Waals surface area (Å²) in [5.74, 6) is 9.26. The maximum absolute atomic E-state index is 11.1. The minimum Gasteiger partial charge on any atom is -0.496 e. The number of Topliss-reactive ketones (excluding diaryl/α,β-unsaturated/α-hetero) is 4. The number of nitrogens with zero attached hydrogens (tertiary/aromatic N) is 7. The number of hydrogen-bond acceptors (Lipinski definition) is 19. The van der Waals surface area contributed by atoms with Crippen molar-refractivity contribution in [3.8, 4) is 73.7 Å². The summed E-state index contributed by atoms with van der Waals surface area (Å²) >= 11 is 11.7. The maximum Gasteiger partial charge on any atom is 0.270 e. The average molecular weight is 1540 g/mol. The fraction of sp³-hybridized carbons (Fsp3) is 0.156. The highest BCUT2D eigenvalue weighted by atomic mass is 35.5. The normalized spacial score (nSPS) is 11.3. The number of methoxy groups -OCH3 is 1. The van der Waals surface area contributed by atoms with Gasteiger partial charge in [-0.3, -0.25) is 59.2 Å². The first kappa shape index (κ1) is 84.3. The van der Waals surface area contributed by atoms with Crippen molar-refractivity contribution in [3.63, 3.8) is 0 Å². The zero-order valence-electron chi connectivity index (χ0n) is 63.0. The Morgan fingerprint density at radius 2 is 0.786 bits per heavy atom. The number of furan rings is 6. The lowest BCUT2D eigenvalue weighted by atomic mass is 10.1. The van der Waals surface area contributed by atoms with E-state index in [9.17, 15) is 29.3 Å². The van der Waals surface area contributed by atoms with E-state index >= 15 is 0 Å². The van der Waals surface area contributed by atoms with Gasteiger partial charge in [-0.05, 0) is 174 Å². The smallest absolute Gasteiger partial charge is 0.270 e. The van der Waals surface area contributed by atoms with Crippen molar-refractivity contribution in [2.24, 2.45) is 30.0 Å². The van der Waals surface area contributed by atoms with Gasteiger partial charge in [-0.25, -0.2) is 0 Å². The molecule has 0 radical (unpaired) electrons. The van der Waals surface area contributed by atoms with Crippen molar-refractivity contribution in [1.82, 2.24) is 0 Å². The summed E-state index contributed by atoms with van der Waals surface area (Å²) in [5, 5.41) is 12.1. The molecule has 0 N–H and O–H groups in total. The molecule has 22 heteroatoms. The molecule has 0 saturated carbocycles. The fourth-order valence-electron chi connectivity index (χ4n) is 9.90. The Bertz CT molecular complexity index is 5310. The Labute approximate surface area is 659 Å². The van der Waals surface area contributed by atoms with E-state index < -0.39 is 4.92 Å². The van der Waals surface area contributed by atoms with Gasteiger partial charge in [-0.15, -0.1) is 0 Å². The van der Waals surface area contributed by atoms with Crippen molar-refractivity contribution in [2.45, 2.75) is 54.0 Å². The Balaban J connectivity index is 0.000000169. The molecule has 0 amide bonds. The van der Waals surface area contributed by atoms with Gasteiger partial charge < -0.3 is 31.2 Å². The number of aliphatic imine (C=N–C) groups is 6. The minimum absolute atomic E-state index is 0.00527. The molecule has 112 heavy (non-hydrogen) atoms. The van der Waals surface area contributed by atoms with E-state index in [1.54, 1.807) is 69.5 Å². The van der Waals surface area contributed by atoms with Crippen LogP contribution < -0.4 is 4.74 Å². The number of ketones is 4. The van der Waals surface area contributed by atoms with Gasteiger partial charge in [0, 0.05) is 63.5 Å². The molecule has 7 aromatic carbocycles. The first-order chi connectivity index (χ1) is 54.2. The maximum atomic E-state index is 11.1. The topological polar surface area (TPSA) is 274 Å². The van der Waals surface area contributed by atoms with Crippen LogP contribution in [0.3, 0.4) is 0 Å². The number of para-hydroxylation sites is 1. The van der Waals surface area contributed by atoms with Crippen molar-refractivity contribution in [3.05, 3.63) is 321 Å². The van der Waals surface area contributed by atoms with Crippen LogP contribution in [0.25, 0.3) is 67.9 Å². The molecule has 0 bridgehead atoms. The van der Waals surface area contributed by atoms with E-state index in [2.05, 4.69) is 80.2 Å². The minimum atomic E-state index is -0.457. The van der Waals surface area contributed by atoms with Gasteiger partial charge in [0.2, 0.25) is 0 Å². The third kappa shape index (κ3) is 28.7. The summed E-state index contributed by atoms with van der Waals surface area (Å²) in [4.78, 5) is 78.0. The summed E-state index contributed by atoms with van der Waals surface area (Å²) in [6.45, 7) is 11.1. The van der Waals surface area contributed by atoms with Crippen LogP contribution in [-0.4, -0.2) is 106 Å². The zero-order valence-corrected chi connectivity index (χ0v) is 64.5. The van der Waals surface area contributed by atoms with Gasteiger partial charge in [-0.2, -0.15) is 0 Å². The molecule has 1 atom stereocenters. The highest BCUT2D eigenvalue weighted by Gasteiger charge is 2.13. The number of carbonyl (C=O) groups is 4. The molecule has 13 aromatic rings. The van der Waals surface area contributed by atoms with Crippen LogP contribution in [0.15, 0.2) is 311 Å². The number of non-ortho nitro benzene ring substituents is 1. The number of nitro groups is 1. The second kappa shape index (κ2) is 44.9. The lowest BCUT2D eigenvalue weighted by molar-refractivity contribution is -0.384. The summed E-state index contributed by atoms with van der Waals surface area (Å²) in [6.07, 6.45) is 10.2. The molecule has 6 aromatic heterocycles. The molecule has 0 spiro atoms. The fourth-order valence-corrected chi connectivity index (χ4v) is 10.1. The predicted octanol–water partition coefficient (Wildman–Crippen LogP) is 21.9. The van der Waals surface area contributed by atoms with Gasteiger partial charge in [0.15, 0.2) is 23.1 Å². The zero-order chi connectivity index (χ0) is 80.0. The molecule has 0 aliphatic rings. The average Bonchev–Trinajstić information content (AvgIpc) is 1.65. The molecule has 6 heterocycles. The summed E-state index contributed by atoms with van der Waals surface area (Å²) in [6, 6.07) is 79.5. The SMILES string of the molecule is CC(=O)CN=Cc1ccc(-c2ccc(Cl)cc2)o1.CC(=O)CN=Cc1ccc(-c2cccc([N+](=O)[O-])c2)o1.CC(N=Cc1ccc(-c2ccccc2)o1)c1ccccc1.CCC(=O)CN=Cc1ccc(-c2ccc(Cl)cc2)o1.CN=Cc1ccc(-c2ccc(C)cc2)o1.COc1ccccc1-c1ccc(C=NCC(C)=O)o1. The van der Waals surface area contributed by atoms with Crippen LogP contribution in [-0.2, 0) is 19.2 Å². The lowest BCUT2D eigenvalue weighted by Crippen LogP contribution is -1.99. The molecular formula is C90H83Cl2N7O13. The van der Waals surface area contributed by atoms with Crippen molar-refractivity contribution < 1.29 is 55.3 Å². The van der Waals surface area contributed by atoms with Crippen molar-refractivity contribution in [1.29, 1.82) is 0 Å². The first-order valence-electron chi connectivity index (χ1n) is 35.3. The molecule has 570 valence electrons. The van der Waals surface area contributed by atoms with Crippen LogP contribution in [0.1, 0.15) is 92.8 Å². The monoisotopic (exact) mass is 1540 g/mol. The molecule has 13 rings (SSSR count). The predicted molar refractivity (Wildman–Crippen MR) is 446 cm³/mol. The third-order valence-electron chi connectivity index (χ3n) is 15.6. The van der Waals surface area contributed by atoms with E-state index in [1.807, 2.05) is 189 Å². The van der Waals surface area contributed by atoms with Crippen LogP contribution >= 0.6 is 23.2 Å². The Kier molecular flexibility index (Phi) is 33.8. The van der Waals surface area contributed by atoms with Crippen LogP contribution in [0.4, 0.5) is 5.69 Å². The summed E-state index contributed by atoms with van der Waals surface area (Å²) in [7, 11) is 3.35. The number of benzene rings is 7. The van der Waals surface area contributed by atoms with Crippen LogP contribution in [0.5, 0.6) is 5.75 Å². The highest BCUT2D eigenvalue weighted by molar-refractivity contribution is 6.31. The second-order valence-electron chi connectivity index (χ2n) is 24.6. The Morgan fingerprint density at radius 3 is 1.21 bits per heavy atom. The summed E-state index contributed by atoms with van der Waals surface area (Å²) in [5.41, 5.74) is 8.03. The van der Waals surface area contributed by atoms with Gasteiger partial charge in [0.1, 0.15) is 74.9 Å². The van der Waals surface area contributed by atoms with E-state index in [4.69, 9.17) is 54.4 Å². The second-order valence-corrected chi connectivity index (χ2v) is 25.5. The largest absolute Gasteiger partial charge is 0.496 e. The molecule has 0 aliphatic carbocycles. The van der Waals surface area contributed by atoms with Gasteiger partial charge >= 0.3 is 0 Å². The Hall–Kier alpha value is -13.3. The number of aryl methyl sites for hydroxylation is 1. The number of nitro benzene ring substituents is 1. The third-order valence-corrected chi connectivity index (χ3v) is 16.1. The van der Waals surface area contributed by atoms with Gasteiger partial charge in [0.05, 0.1) is 87.1 Å². The number of hydrogen-bond donors (Lipinski definition) is 0. The van der Waals surface area contributed by atoms with E-state index in [-0.39, 0.29) is 61.0 Å². The van der Waals surface area contributed by atoms with Crippen molar-refractivity contribution in [2.75, 3.05) is 40.3 Å². The van der Waals surface area contributed by atoms with Gasteiger partial charge in [0.25, 0.3) is 5.69 Å². The number of ether oxygens (including phenoxy) is 1. The molecule has 20 nitrogen and oxygen atoms in total. The standard InChI is InChI=1S/C19H17NO.C15H14ClNO2.C15H15NO3.C14H12ClNO2.C14H12N2O4.C13H13NO/c1-15(16-8-4-2-5-9-16)20-14-18-12-13-19(21-18)17-10-6-3-7-11-17;1-2-13(18)9-17-10-14-7-8-15(19-14)11-3-5-12(16)6-4-11;1-11(17)9-16-10-12-7-8-15(19-12)13-5-3-4-6-14(13)18-2;1-10(17)8-16-9-13-6-7-14(18-13)11-2-4-12(15)5-3-11;1-10(17)8-15-9-13-5-6-14(20-13)11-3-2-4-12(7-11)16(18)19;1-10-3-5-11(6-4-10)13-8-7-12(15-13)9-14-2/h2-15H,1H3;3-8,10H,2,9H2,1H3;3-8,10H,9H2,1-2H3;2-7,9H,8H2,1H3;2-7,9H,8H2,1H3;3-9H,1-2H3. The van der Waals surface area contributed by atoms with E-state index in [1.165, 1.54) is 50.2 Å². The van der Waals surface area contributed by atoms with E-state index in [0.29, 0.717) is 56.6 Å². The lowest BCUT2D eigenvalue weighted by Gasteiger charge is -2.04. The number of carbonyl (C=O) groups excluding carboxylic acids is 4. The quantitative estimate of drug-likeness (QED) is 0.0293. The van der Waals surface area contributed by atoms with Crippen molar-refractivity contribution >= 4 is 89.3 Å². The molecule has 1 unspecified atom stereocenters. The van der Waals surface area contributed by atoms with Crippen LogP contribution in [0.2, 0.25) is 10.0 Å². The summed E-state index contributed by atoms with van der Waals surface area (Å²) < 4.78 is 39.1. The van der Waals surface area contributed by atoms with Crippen LogP contribution in [0, 0.1) is 17.0 Å². The first-order valence-corrected chi connectivity index (χ1v) is 36.1. The molecule has 0 aliphatic heterocycles. The molecular weight excluding hydrogens is 1460 g/mol. The molecule has 0 saturated heterocycles. The number of halogens is 2. The van der Waals surface area contributed by atoms with Gasteiger partial charge in [-0.1, -0.05) is 145 Å². The molecule has 0 fully saturated rings. The van der Waals surface area contributed by atoms with E-state index in [0.717, 1.165) is 68.1 Å². The highest BCUT2D eigenvalue weighted by Crippen LogP contribution is 2.32. The number of rotatable bonds is 25.